The molecule has 3 rings (SSSR count). The predicted octanol–water partition coefficient (Wildman–Crippen LogP) is 4.18. The van der Waals surface area contributed by atoms with E-state index in [1.807, 2.05) is 6.07 Å². The standard InChI is InChI=1S/C18H14Cl2FN3O2/c1-10-16(18(26)24(23(10)2)11-6-4-3-5-7-11)22-17(25)12-8-15(21)14(20)9-13(12)19/h3-9H,1-2H3,(H,22,25). The van der Waals surface area contributed by atoms with Crippen molar-refractivity contribution in [1.29, 1.82) is 0 Å². The zero-order chi connectivity index (χ0) is 19.0. The molecule has 0 radical (unpaired) electrons. The van der Waals surface area contributed by atoms with Crippen LogP contribution in [0.5, 0.6) is 0 Å². The van der Waals surface area contributed by atoms with Crippen LogP contribution in [0.2, 0.25) is 10.0 Å². The van der Waals surface area contributed by atoms with Crippen molar-refractivity contribution in [2.45, 2.75) is 6.92 Å². The number of aromatic nitrogens is 2. The van der Waals surface area contributed by atoms with Crippen LogP contribution in [0.1, 0.15) is 16.1 Å². The van der Waals surface area contributed by atoms with Crippen molar-refractivity contribution in [2.24, 2.45) is 7.05 Å². The molecule has 5 nitrogen and oxygen atoms in total. The lowest BCUT2D eigenvalue weighted by Crippen LogP contribution is -2.23. The number of carbonyl (C=O) groups is 1. The Labute approximate surface area is 158 Å². The van der Waals surface area contributed by atoms with Gasteiger partial charge < -0.3 is 5.32 Å². The summed E-state index contributed by atoms with van der Waals surface area (Å²) >= 11 is 11.6. The van der Waals surface area contributed by atoms with Crippen molar-refractivity contribution in [3.8, 4) is 5.69 Å². The molecule has 1 aromatic heterocycles. The van der Waals surface area contributed by atoms with Crippen molar-refractivity contribution in [2.75, 3.05) is 5.32 Å². The molecule has 0 spiro atoms. The minimum absolute atomic E-state index is 0.00845. The van der Waals surface area contributed by atoms with Crippen LogP contribution in [0.15, 0.2) is 47.3 Å². The monoisotopic (exact) mass is 393 g/mol. The molecule has 1 amide bonds. The molecule has 0 aliphatic heterocycles. The second kappa shape index (κ2) is 6.97. The fourth-order valence-electron chi connectivity index (χ4n) is 2.59. The minimum atomic E-state index is -0.771. The Bertz CT molecular complexity index is 1060. The summed E-state index contributed by atoms with van der Waals surface area (Å²) in [6.45, 7) is 1.69. The minimum Gasteiger partial charge on any atom is -0.316 e. The fraction of sp³-hybridized carbons (Fsp3) is 0.111. The van der Waals surface area contributed by atoms with Crippen LogP contribution in [-0.2, 0) is 7.05 Å². The smallest absolute Gasteiger partial charge is 0.295 e. The van der Waals surface area contributed by atoms with Crippen molar-refractivity contribution < 1.29 is 9.18 Å². The van der Waals surface area contributed by atoms with E-state index in [1.165, 1.54) is 4.68 Å². The van der Waals surface area contributed by atoms with E-state index in [0.717, 1.165) is 12.1 Å². The molecular weight excluding hydrogens is 380 g/mol. The van der Waals surface area contributed by atoms with Crippen LogP contribution in [0.4, 0.5) is 10.1 Å². The Morgan fingerprint density at radius 2 is 1.77 bits per heavy atom. The first-order chi connectivity index (χ1) is 12.3. The van der Waals surface area contributed by atoms with E-state index in [1.54, 1.807) is 42.9 Å². The van der Waals surface area contributed by atoms with Crippen molar-refractivity contribution in [3.63, 3.8) is 0 Å². The van der Waals surface area contributed by atoms with Crippen LogP contribution in [0.25, 0.3) is 5.69 Å². The molecule has 0 unspecified atom stereocenters. The van der Waals surface area contributed by atoms with E-state index in [9.17, 15) is 14.0 Å². The van der Waals surface area contributed by atoms with Gasteiger partial charge in [-0.2, -0.15) is 0 Å². The summed E-state index contributed by atoms with van der Waals surface area (Å²) in [4.78, 5) is 25.3. The highest BCUT2D eigenvalue weighted by Crippen LogP contribution is 2.25. The maximum Gasteiger partial charge on any atom is 0.295 e. The maximum atomic E-state index is 13.7. The Kier molecular flexibility index (Phi) is 4.89. The van der Waals surface area contributed by atoms with Crippen molar-refractivity contribution in [1.82, 2.24) is 9.36 Å². The first-order valence-electron chi connectivity index (χ1n) is 7.61. The van der Waals surface area contributed by atoms with Gasteiger partial charge in [0.15, 0.2) is 0 Å². The Balaban J connectivity index is 2.03. The molecule has 134 valence electrons. The average molecular weight is 394 g/mol. The molecule has 8 heteroatoms. The van der Waals surface area contributed by atoms with Crippen molar-refractivity contribution in [3.05, 3.63) is 79.9 Å². The number of para-hydroxylation sites is 1. The number of benzene rings is 2. The Morgan fingerprint density at radius 3 is 2.42 bits per heavy atom. The highest BCUT2D eigenvalue weighted by molar-refractivity contribution is 6.37. The number of hydrogen-bond acceptors (Lipinski definition) is 2. The van der Waals surface area contributed by atoms with Gasteiger partial charge in [-0.15, -0.1) is 0 Å². The number of anilines is 1. The van der Waals surface area contributed by atoms with Gasteiger partial charge in [-0.1, -0.05) is 41.4 Å². The van der Waals surface area contributed by atoms with Gasteiger partial charge in [0.25, 0.3) is 11.5 Å². The highest BCUT2D eigenvalue weighted by atomic mass is 35.5. The SMILES string of the molecule is Cc1c(NC(=O)c2cc(F)c(Cl)cc2Cl)c(=O)n(-c2ccccc2)n1C. The molecule has 1 N–H and O–H groups in total. The molecule has 0 aliphatic rings. The maximum absolute atomic E-state index is 13.7. The largest absolute Gasteiger partial charge is 0.316 e. The van der Waals surface area contributed by atoms with Gasteiger partial charge in [-0.05, 0) is 31.2 Å². The van der Waals surface area contributed by atoms with Gasteiger partial charge >= 0.3 is 0 Å². The molecule has 0 fully saturated rings. The molecule has 3 aromatic rings. The van der Waals surface area contributed by atoms with Crippen LogP contribution >= 0.6 is 23.2 Å². The van der Waals surface area contributed by atoms with Crippen LogP contribution < -0.4 is 10.9 Å². The summed E-state index contributed by atoms with van der Waals surface area (Å²) in [5.41, 5.74) is 0.766. The number of nitrogens with one attached hydrogen (secondary N) is 1. The first-order valence-corrected chi connectivity index (χ1v) is 8.36. The van der Waals surface area contributed by atoms with E-state index in [-0.39, 0.29) is 21.3 Å². The van der Waals surface area contributed by atoms with Crippen LogP contribution in [-0.4, -0.2) is 15.3 Å². The van der Waals surface area contributed by atoms with E-state index < -0.39 is 17.3 Å². The third-order valence-electron chi connectivity index (χ3n) is 4.05. The van der Waals surface area contributed by atoms with Crippen molar-refractivity contribution >= 4 is 34.8 Å². The molecule has 0 bridgehead atoms. The third-order valence-corrected chi connectivity index (χ3v) is 4.65. The lowest BCUT2D eigenvalue weighted by Gasteiger charge is -2.07. The molecule has 0 saturated heterocycles. The summed E-state index contributed by atoms with van der Waals surface area (Å²) in [7, 11) is 1.70. The molecule has 0 aliphatic carbocycles. The number of rotatable bonds is 3. The van der Waals surface area contributed by atoms with Gasteiger partial charge in [0.1, 0.15) is 11.5 Å². The normalized spacial score (nSPS) is 10.8. The van der Waals surface area contributed by atoms with Gasteiger partial charge in [0, 0.05) is 7.05 Å². The summed E-state index contributed by atoms with van der Waals surface area (Å²) < 4.78 is 16.7. The van der Waals surface area contributed by atoms with Gasteiger partial charge in [0.05, 0.1) is 27.0 Å². The summed E-state index contributed by atoms with van der Waals surface area (Å²) in [6.07, 6.45) is 0. The Hall–Kier alpha value is -2.57. The summed E-state index contributed by atoms with van der Waals surface area (Å²) in [5.74, 6) is -1.47. The van der Waals surface area contributed by atoms with E-state index in [0.29, 0.717) is 11.4 Å². The van der Waals surface area contributed by atoms with E-state index in [4.69, 9.17) is 23.2 Å². The van der Waals surface area contributed by atoms with E-state index >= 15 is 0 Å². The fourth-order valence-corrected chi connectivity index (χ4v) is 3.06. The lowest BCUT2D eigenvalue weighted by molar-refractivity contribution is 0.102. The number of amides is 1. The van der Waals surface area contributed by atoms with E-state index in [2.05, 4.69) is 5.32 Å². The molecule has 0 saturated carbocycles. The molecule has 26 heavy (non-hydrogen) atoms. The average Bonchev–Trinajstić information content (AvgIpc) is 2.82. The zero-order valence-electron chi connectivity index (χ0n) is 13.9. The summed E-state index contributed by atoms with van der Waals surface area (Å²) in [6, 6.07) is 11.1. The molecule has 2 aromatic carbocycles. The molecule has 0 atom stereocenters. The number of hydrogen-bond donors (Lipinski definition) is 1. The second-order valence-corrected chi connectivity index (χ2v) is 6.45. The second-order valence-electron chi connectivity index (χ2n) is 5.64. The van der Waals surface area contributed by atoms with Gasteiger partial charge in [-0.25, -0.2) is 9.07 Å². The summed E-state index contributed by atoms with van der Waals surface area (Å²) in [5, 5.41) is 2.33. The van der Waals surface area contributed by atoms with Crippen LogP contribution in [0.3, 0.4) is 0 Å². The predicted molar refractivity (Wildman–Crippen MR) is 100 cm³/mol. The lowest BCUT2D eigenvalue weighted by atomic mass is 10.2. The first kappa shape index (κ1) is 18.2. The Morgan fingerprint density at radius 1 is 1.12 bits per heavy atom. The quantitative estimate of drug-likeness (QED) is 0.678. The topological polar surface area (TPSA) is 56.0 Å². The highest BCUT2D eigenvalue weighted by Gasteiger charge is 2.21. The van der Waals surface area contributed by atoms with Gasteiger partial charge in [0.2, 0.25) is 0 Å². The molecule has 1 heterocycles. The number of halogens is 3. The molecular formula is C18H14Cl2FN3O2. The van der Waals surface area contributed by atoms with Gasteiger partial charge in [-0.3, -0.25) is 14.3 Å². The zero-order valence-corrected chi connectivity index (χ0v) is 15.4. The number of carbonyl (C=O) groups excluding carboxylic acids is 1. The third kappa shape index (κ3) is 3.13. The van der Waals surface area contributed by atoms with Crippen LogP contribution in [0, 0.1) is 12.7 Å². The number of nitrogens with zero attached hydrogens (tertiary/aromatic N) is 2.